The Labute approximate surface area is 202 Å². The number of ether oxygens (including phenoxy) is 1. The first-order valence-electron chi connectivity index (χ1n) is 10.1. The van der Waals surface area contributed by atoms with Crippen molar-refractivity contribution in [2.75, 3.05) is 23.8 Å². The summed E-state index contributed by atoms with van der Waals surface area (Å²) in [6, 6.07) is 21.6. The van der Waals surface area contributed by atoms with E-state index in [4.69, 9.17) is 16.3 Å². The molecule has 0 bridgehead atoms. The van der Waals surface area contributed by atoms with E-state index in [9.17, 15) is 13.2 Å². The smallest absolute Gasteiger partial charge is 0.264 e. The van der Waals surface area contributed by atoms with Crippen molar-refractivity contribution in [3.05, 3.63) is 95.6 Å². The molecule has 0 spiro atoms. The van der Waals surface area contributed by atoms with Gasteiger partial charge in [0.1, 0.15) is 5.75 Å². The van der Waals surface area contributed by atoms with Gasteiger partial charge in [0, 0.05) is 19.3 Å². The number of aromatic nitrogens is 2. The van der Waals surface area contributed by atoms with Crippen molar-refractivity contribution in [3.63, 3.8) is 0 Å². The third kappa shape index (κ3) is 4.75. The fraction of sp³-hybridized carbons (Fsp3) is 0.0833. The molecule has 0 radical (unpaired) electrons. The maximum absolute atomic E-state index is 13.2. The normalized spacial score (nSPS) is 11.1. The molecular weight excluding hydrogens is 476 g/mol. The number of methoxy groups -OCH3 is 1. The van der Waals surface area contributed by atoms with Gasteiger partial charge in [0.05, 0.1) is 34.0 Å². The molecule has 0 aliphatic heterocycles. The van der Waals surface area contributed by atoms with Crippen LogP contribution < -0.4 is 14.4 Å². The van der Waals surface area contributed by atoms with Gasteiger partial charge in [-0.15, -0.1) is 0 Å². The molecule has 0 atom stereocenters. The molecule has 0 aliphatic carbocycles. The minimum atomic E-state index is -3.96. The highest BCUT2D eigenvalue weighted by Gasteiger charge is 2.24. The number of halogens is 1. The van der Waals surface area contributed by atoms with Crippen LogP contribution in [-0.2, 0) is 10.0 Å². The predicted molar refractivity (Wildman–Crippen MR) is 132 cm³/mol. The molecule has 0 saturated carbocycles. The third-order valence-electron chi connectivity index (χ3n) is 5.13. The van der Waals surface area contributed by atoms with Crippen molar-refractivity contribution < 1.29 is 17.9 Å². The number of nitrogens with one attached hydrogen (secondary N) is 1. The number of hydrogen-bond donors (Lipinski definition) is 1. The van der Waals surface area contributed by atoms with Crippen LogP contribution in [-0.4, -0.2) is 38.3 Å². The lowest BCUT2D eigenvalue weighted by molar-refractivity contribution is 0.102. The van der Waals surface area contributed by atoms with E-state index in [1.54, 1.807) is 41.2 Å². The van der Waals surface area contributed by atoms with E-state index in [1.165, 1.54) is 32.4 Å². The maximum Gasteiger partial charge on any atom is 0.264 e. The summed E-state index contributed by atoms with van der Waals surface area (Å²) in [5.74, 6) is 0.329. The Kier molecular flexibility index (Phi) is 6.58. The number of rotatable bonds is 7. The molecule has 3 aromatic carbocycles. The average Bonchev–Trinajstić information content (AvgIpc) is 3.32. The number of carbonyl (C=O) groups excluding carboxylic acids is 1. The maximum atomic E-state index is 13.2. The number of anilines is 2. The van der Waals surface area contributed by atoms with Gasteiger partial charge in [-0.05, 0) is 54.6 Å². The Balaban J connectivity index is 1.57. The highest BCUT2D eigenvalue weighted by Crippen LogP contribution is 2.27. The van der Waals surface area contributed by atoms with E-state index in [0.29, 0.717) is 17.3 Å². The zero-order valence-corrected chi connectivity index (χ0v) is 19.9. The van der Waals surface area contributed by atoms with E-state index in [2.05, 4.69) is 10.4 Å². The summed E-state index contributed by atoms with van der Waals surface area (Å²) < 4.78 is 34.2. The lowest BCUT2D eigenvalue weighted by Crippen LogP contribution is -2.27. The average molecular weight is 497 g/mol. The van der Waals surface area contributed by atoms with Gasteiger partial charge in [0.25, 0.3) is 15.9 Å². The van der Waals surface area contributed by atoms with Gasteiger partial charge in [-0.1, -0.05) is 29.8 Å². The Morgan fingerprint density at radius 2 is 1.74 bits per heavy atom. The first kappa shape index (κ1) is 23.3. The van der Waals surface area contributed by atoms with Crippen LogP contribution in [0.25, 0.3) is 5.69 Å². The zero-order chi connectivity index (χ0) is 24.3. The number of carbonyl (C=O) groups is 1. The van der Waals surface area contributed by atoms with Crippen LogP contribution in [0.1, 0.15) is 10.4 Å². The van der Waals surface area contributed by atoms with Crippen LogP contribution in [0.3, 0.4) is 0 Å². The Bertz CT molecular complexity index is 1420. The number of para-hydroxylation sites is 1. The van der Waals surface area contributed by atoms with Gasteiger partial charge in [-0.3, -0.25) is 9.10 Å². The molecule has 34 heavy (non-hydrogen) atoms. The quantitative estimate of drug-likeness (QED) is 0.403. The SMILES string of the molecule is COc1ccc(N(C)S(=O)(=O)c2ccc(Cl)c(C(=O)Nc3ccn(-c4ccccc4)n3)c2)cc1. The van der Waals surface area contributed by atoms with E-state index >= 15 is 0 Å². The van der Waals surface area contributed by atoms with E-state index < -0.39 is 15.9 Å². The van der Waals surface area contributed by atoms with Gasteiger partial charge < -0.3 is 10.1 Å². The lowest BCUT2D eigenvalue weighted by atomic mass is 10.2. The van der Waals surface area contributed by atoms with E-state index in [-0.39, 0.29) is 15.5 Å². The summed E-state index contributed by atoms with van der Waals surface area (Å²) in [4.78, 5) is 12.8. The Hall–Kier alpha value is -3.82. The van der Waals surface area contributed by atoms with Crippen molar-refractivity contribution in [2.24, 2.45) is 0 Å². The lowest BCUT2D eigenvalue weighted by Gasteiger charge is -2.20. The number of nitrogens with zero attached hydrogens (tertiary/aromatic N) is 3. The van der Waals surface area contributed by atoms with Crippen molar-refractivity contribution in [2.45, 2.75) is 4.90 Å². The second kappa shape index (κ2) is 9.58. The second-order valence-electron chi connectivity index (χ2n) is 7.25. The van der Waals surface area contributed by atoms with Gasteiger partial charge in [-0.2, -0.15) is 5.10 Å². The molecule has 0 aliphatic rings. The summed E-state index contributed by atoms with van der Waals surface area (Å²) in [5, 5.41) is 7.11. The molecule has 0 saturated heterocycles. The van der Waals surface area contributed by atoms with Crippen LogP contribution in [0.15, 0.2) is 90.0 Å². The monoisotopic (exact) mass is 496 g/mol. The molecule has 4 aromatic rings. The highest BCUT2D eigenvalue weighted by atomic mass is 35.5. The topological polar surface area (TPSA) is 93.5 Å². The molecule has 1 N–H and O–H groups in total. The standard InChI is InChI=1S/C24H21ClN4O4S/c1-28(17-8-10-19(33-2)11-9-17)34(31,32)20-12-13-22(25)21(16-20)24(30)26-23-14-15-29(27-23)18-6-4-3-5-7-18/h3-16H,1-2H3,(H,26,27,30). The van der Waals surface area contributed by atoms with Crippen LogP contribution >= 0.6 is 11.6 Å². The number of benzene rings is 3. The number of amides is 1. The molecule has 0 unspecified atom stereocenters. The van der Waals surface area contributed by atoms with Gasteiger partial charge in [-0.25, -0.2) is 13.1 Å². The molecule has 4 rings (SSSR count). The van der Waals surface area contributed by atoms with Crippen molar-refractivity contribution >= 4 is 39.0 Å². The highest BCUT2D eigenvalue weighted by molar-refractivity contribution is 7.92. The van der Waals surface area contributed by atoms with Crippen molar-refractivity contribution in [3.8, 4) is 11.4 Å². The van der Waals surface area contributed by atoms with E-state index in [0.717, 1.165) is 9.99 Å². The summed E-state index contributed by atoms with van der Waals surface area (Å²) in [5.41, 5.74) is 1.28. The van der Waals surface area contributed by atoms with Gasteiger partial charge in [0.2, 0.25) is 0 Å². The van der Waals surface area contributed by atoms with Crippen LogP contribution in [0.2, 0.25) is 5.02 Å². The molecule has 0 fully saturated rings. The zero-order valence-electron chi connectivity index (χ0n) is 18.3. The first-order valence-corrected chi connectivity index (χ1v) is 12.0. The molecule has 1 heterocycles. The number of hydrogen-bond acceptors (Lipinski definition) is 5. The molecule has 1 aromatic heterocycles. The largest absolute Gasteiger partial charge is 0.497 e. The number of sulfonamides is 1. The molecule has 1 amide bonds. The minimum absolute atomic E-state index is 0.0140. The van der Waals surface area contributed by atoms with Gasteiger partial charge >= 0.3 is 0 Å². The fourth-order valence-corrected chi connectivity index (χ4v) is 4.65. The van der Waals surface area contributed by atoms with E-state index in [1.807, 2.05) is 30.3 Å². The van der Waals surface area contributed by atoms with Crippen LogP contribution in [0.4, 0.5) is 11.5 Å². The molecule has 10 heteroatoms. The summed E-state index contributed by atoms with van der Waals surface area (Å²) in [6.07, 6.45) is 1.71. The molecular formula is C24H21ClN4O4S. The minimum Gasteiger partial charge on any atom is -0.497 e. The summed E-state index contributed by atoms with van der Waals surface area (Å²) in [7, 11) is -0.993. The summed E-state index contributed by atoms with van der Waals surface area (Å²) in [6.45, 7) is 0. The fourth-order valence-electron chi connectivity index (χ4n) is 3.23. The molecule has 8 nitrogen and oxygen atoms in total. The molecule has 174 valence electrons. The van der Waals surface area contributed by atoms with Gasteiger partial charge in [0.15, 0.2) is 5.82 Å². The van der Waals surface area contributed by atoms with Crippen LogP contribution in [0.5, 0.6) is 5.75 Å². The van der Waals surface area contributed by atoms with Crippen molar-refractivity contribution in [1.82, 2.24) is 9.78 Å². The van der Waals surface area contributed by atoms with Crippen LogP contribution in [0, 0.1) is 0 Å². The summed E-state index contributed by atoms with van der Waals surface area (Å²) >= 11 is 6.23. The second-order valence-corrected chi connectivity index (χ2v) is 9.62. The first-order chi connectivity index (χ1) is 16.3. The third-order valence-corrected chi connectivity index (χ3v) is 7.24. The Morgan fingerprint density at radius 1 is 1.03 bits per heavy atom. The predicted octanol–water partition coefficient (Wildman–Crippen LogP) is 4.61. The van der Waals surface area contributed by atoms with Crippen molar-refractivity contribution in [1.29, 1.82) is 0 Å². The Morgan fingerprint density at radius 3 is 2.41 bits per heavy atom.